The highest BCUT2D eigenvalue weighted by Gasteiger charge is 2.18. The molecule has 32 heavy (non-hydrogen) atoms. The van der Waals surface area contributed by atoms with Gasteiger partial charge in [-0.15, -0.1) is 0 Å². The molecule has 2 aromatic heterocycles. The van der Waals surface area contributed by atoms with E-state index in [2.05, 4.69) is 26.0 Å². The van der Waals surface area contributed by atoms with Gasteiger partial charge in [0.15, 0.2) is 5.82 Å². The number of nitrogens with two attached hydrogens (primary N) is 1. The smallest absolute Gasteiger partial charge is 0.223 e. The van der Waals surface area contributed by atoms with Crippen LogP contribution in [-0.4, -0.2) is 57.4 Å². The molecule has 0 spiro atoms. The van der Waals surface area contributed by atoms with Crippen molar-refractivity contribution in [2.45, 2.75) is 13.3 Å². The van der Waals surface area contributed by atoms with E-state index in [4.69, 9.17) is 17.3 Å². The molecule has 168 valence electrons. The highest BCUT2D eigenvalue weighted by molar-refractivity contribution is 6.29. The van der Waals surface area contributed by atoms with Crippen molar-refractivity contribution in [1.29, 1.82) is 0 Å². The predicted octanol–water partition coefficient (Wildman–Crippen LogP) is 3.57. The van der Waals surface area contributed by atoms with Gasteiger partial charge >= 0.3 is 0 Å². The number of piperazine rings is 1. The Morgan fingerprint density at radius 2 is 1.78 bits per heavy atom. The molecule has 1 aliphatic heterocycles. The minimum Gasteiger partial charge on any atom is -0.369 e. The number of nitrogen functional groups attached to an aromatic ring is 1. The molecule has 3 heterocycles. The number of nitrogens with zero attached hydrogens (tertiary/aromatic N) is 6. The fraction of sp³-hybridized carbons (Fsp3) is 0.318. The van der Waals surface area contributed by atoms with Crippen LogP contribution in [0.3, 0.4) is 0 Å². The van der Waals surface area contributed by atoms with E-state index in [9.17, 15) is 8.78 Å². The molecule has 1 saturated heterocycles. The first-order valence-corrected chi connectivity index (χ1v) is 10.8. The highest BCUT2D eigenvalue weighted by atomic mass is 35.5. The van der Waals surface area contributed by atoms with Crippen molar-refractivity contribution in [3.8, 4) is 5.82 Å². The maximum absolute atomic E-state index is 13.5. The molecule has 1 aromatic carbocycles. The molecule has 1 aliphatic rings. The largest absolute Gasteiger partial charge is 0.369 e. The molecule has 0 atom stereocenters. The Hall–Kier alpha value is -3.04. The van der Waals surface area contributed by atoms with E-state index in [1.807, 2.05) is 17.9 Å². The van der Waals surface area contributed by atoms with Crippen LogP contribution in [0.15, 0.2) is 36.5 Å². The summed E-state index contributed by atoms with van der Waals surface area (Å²) in [6.45, 7) is 5.86. The Kier molecular flexibility index (Phi) is 6.66. The number of halogens is 3. The summed E-state index contributed by atoms with van der Waals surface area (Å²) < 4.78 is 28.7. The second kappa shape index (κ2) is 9.62. The SMILES string of the molecule is CCc1c(C=CCN2CCN(c3cc(F)cc(F)c3)CC2)cnn1-c1cc(Cl)nc(N)n1. The van der Waals surface area contributed by atoms with Crippen LogP contribution in [0, 0.1) is 11.6 Å². The molecule has 0 amide bonds. The fourth-order valence-electron chi connectivity index (χ4n) is 3.85. The van der Waals surface area contributed by atoms with Gasteiger partial charge in [-0.25, -0.2) is 18.4 Å². The average Bonchev–Trinajstić information content (AvgIpc) is 3.16. The topological polar surface area (TPSA) is 76.1 Å². The van der Waals surface area contributed by atoms with Gasteiger partial charge in [-0.3, -0.25) is 4.90 Å². The van der Waals surface area contributed by atoms with Crippen LogP contribution >= 0.6 is 11.6 Å². The Morgan fingerprint density at radius 1 is 1.06 bits per heavy atom. The number of aromatic nitrogens is 4. The lowest BCUT2D eigenvalue weighted by molar-refractivity contribution is 0.284. The first kappa shape index (κ1) is 22.2. The van der Waals surface area contributed by atoms with Crippen molar-refractivity contribution < 1.29 is 8.78 Å². The first-order valence-electron chi connectivity index (χ1n) is 10.4. The number of benzene rings is 1. The summed E-state index contributed by atoms with van der Waals surface area (Å²) in [6.07, 6.45) is 6.68. The summed E-state index contributed by atoms with van der Waals surface area (Å²) in [5.41, 5.74) is 8.29. The maximum Gasteiger partial charge on any atom is 0.223 e. The summed E-state index contributed by atoms with van der Waals surface area (Å²) in [6, 6.07) is 5.27. The fourth-order valence-corrected chi connectivity index (χ4v) is 4.03. The summed E-state index contributed by atoms with van der Waals surface area (Å²) in [5, 5.41) is 4.71. The van der Waals surface area contributed by atoms with Crippen molar-refractivity contribution in [1.82, 2.24) is 24.6 Å². The molecule has 7 nitrogen and oxygen atoms in total. The second-order valence-corrected chi connectivity index (χ2v) is 7.92. The lowest BCUT2D eigenvalue weighted by Gasteiger charge is -2.35. The van der Waals surface area contributed by atoms with Gasteiger partial charge in [0.1, 0.15) is 16.8 Å². The van der Waals surface area contributed by atoms with Crippen LogP contribution in [0.4, 0.5) is 20.4 Å². The van der Waals surface area contributed by atoms with Gasteiger partial charge < -0.3 is 10.6 Å². The van der Waals surface area contributed by atoms with E-state index < -0.39 is 11.6 Å². The Bertz CT molecular complexity index is 1080. The third-order valence-corrected chi connectivity index (χ3v) is 5.59. The Morgan fingerprint density at radius 3 is 2.44 bits per heavy atom. The Labute approximate surface area is 190 Å². The highest BCUT2D eigenvalue weighted by Crippen LogP contribution is 2.21. The summed E-state index contributed by atoms with van der Waals surface area (Å²) >= 11 is 6.00. The molecule has 0 saturated carbocycles. The van der Waals surface area contributed by atoms with Crippen LogP contribution in [0.5, 0.6) is 0 Å². The van der Waals surface area contributed by atoms with Gasteiger partial charge in [0.25, 0.3) is 0 Å². The molecule has 0 bridgehead atoms. The van der Waals surface area contributed by atoms with Crippen LogP contribution in [0.2, 0.25) is 5.15 Å². The monoisotopic (exact) mass is 459 g/mol. The van der Waals surface area contributed by atoms with Crippen LogP contribution in [0.25, 0.3) is 11.9 Å². The number of hydrogen-bond donors (Lipinski definition) is 1. The van der Waals surface area contributed by atoms with Gasteiger partial charge in [-0.1, -0.05) is 30.7 Å². The second-order valence-electron chi connectivity index (χ2n) is 7.54. The van der Waals surface area contributed by atoms with E-state index in [1.165, 1.54) is 12.1 Å². The van der Waals surface area contributed by atoms with Crippen molar-refractivity contribution in [3.05, 3.63) is 64.6 Å². The van der Waals surface area contributed by atoms with Gasteiger partial charge in [0, 0.05) is 56.1 Å². The maximum atomic E-state index is 13.5. The molecular weight excluding hydrogens is 436 g/mol. The van der Waals surface area contributed by atoms with Crippen LogP contribution in [-0.2, 0) is 6.42 Å². The summed E-state index contributed by atoms with van der Waals surface area (Å²) in [4.78, 5) is 12.4. The zero-order valence-corrected chi connectivity index (χ0v) is 18.4. The lowest BCUT2D eigenvalue weighted by atomic mass is 10.2. The van der Waals surface area contributed by atoms with E-state index in [-0.39, 0.29) is 11.1 Å². The average molecular weight is 460 g/mol. The Balaban J connectivity index is 1.38. The van der Waals surface area contributed by atoms with Gasteiger partial charge in [0.2, 0.25) is 5.95 Å². The lowest BCUT2D eigenvalue weighted by Crippen LogP contribution is -2.46. The molecule has 2 N–H and O–H groups in total. The van der Waals surface area contributed by atoms with Crippen molar-refractivity contribution >= 4 is 29.3 Å². The molecule has 0 radical (unpaired) electrons. The van der Waals surface area contributed by atoms with E-state index in [0.29, 0.717) is 24.6 Å². The normalized spacial score (nSPS) is 15.1. The minimum absolute atomic E-state index is 0.0993. The predicted molar refractivity (Wildman–Crippen MR) is 122 cm³/mol. The number of anilines is 2. The summed E-state index contributed by atoms with van der Waals surface area (Å²) in [7, 11) is 0. The zero-order valence-electron chi connectivity index (χ0n) is 17.7. The molecule has 3 aromatic rings. The molecule has 0 aliphatic carbocycles. The standard InChI is InChI=1S/C22H24ClF2N7/c1-2-19-15(14-27-32(19)21-13-20(23)28-22(26)29-21)4-3-5-30-6-8-31(9-7-30)18-11-16(24)10-17(25)12-18/h3-4,10-14H,2,5-9H2,1H3,(H2,26,28,29). The van der Waals surface area contributed by atoms with Crippen molar-refractivity contribution in [3.63, 3.8) is 0 Å². The summed E-state index contributed by atoms with van der Waals surface area (Å²) in [5.74, 6) is -0.472. The van der Waals surface area contributed by atoms with E-state index >= 15 is 0 Å². The third-order valence-electron chi connectivity index (χ3n) is 5.40. The zero-order chi connectivity index (χ0) is 22.7. The number of rotatable bonds is 6. The van der Waals surface area contributed by atoms with E-state index in [0.717, 1.165) is 43.4 Å². The quantitative estimate of drug-likeness (QED) is 0.568. The van der Waals surface area contributed by atoms with Gasteiger partial charge in [-0.2, -0.15) is 10.1 Å². The molecular formula is C22H24ClF2N7. The minimum atomic E-state index is -0.551. The van der Waals surface area contributed by atoms with Crippen LogP contribution in [0.1, 0.15) is 18.2 Å². The van der Waals surface area contributed by atoms with Gasteiger partial charge in [0.05, 0.1) is 11.9 Å². The van der Waals surface area contributed by atoms with Crippen molar-refractivity contribution in [2.75, 3.05) is 43.4 Å². The van der Waals surface area contributed by atoms with Gasteiger partial charge in [-0.05, 0) is 18.6 Å². The number of hydrogen-bond acceptors (Lipinski definition) is 6. The first-order chi connectivity index (χ1) is 15.4. The molecule has 0 unspecified atom stereocenters. The van der Waals surface area contributed by atoms with Crippen LogP contribution < -0.4 is 10.6 Å². The van der Waals surface area contributed by atoms with Crippen molar-refractivity contribution in [2.24, 2.45) is 0 Å². The molecule has 4 rings (SSSR count). The van der Waals surface area contributed by atoms with E-state index in [1.54, 1.807) is 16.9 Å². The molecule has 1 fully saturated rings. The third kappa shape index (κ3) is 5.05. The molecule has 10 heteroatoms.